The molecule has 5 heteroatoms. The van der Waals surface area contributed by atoms with Crippen LogP contribution >= 0.6 is 0 Å². The molecule has 0 spiro atoms. The molecule has 0 saturated carbocycles. The van der Waals surface area contributed by atoms with Crippen LogP contribution in [0.25, 0.3) is 0 Å². The fourth-order valence-electron chi connectivity index (χ4n) is 1.57. The van der Waals surface area contributed by atoms with Gasteiger partial charge in [0.2, 0.25) is 0 Å². The van der Waals surface area contributed by atoms with E-state index in [-0.39, 0.29) is 12.6 Å². The van der Waals surface area contributed by atoms with Crippen LogP contribution in [0, 0.1) is 6.92 Å². The van der Waals surface area contributed by atoms with Crippen LogP contribution in [0.3, 0.4) is 0 Å². The average molecular weight is 245 g/mol. The highest BCUT2D eigenvalue weighted by molar-refractivity contribution is 5.30. The number of ether oxygens (including phenoxy) is 1. The van der Waals surface area contributed by atoms with Crippen LogP contribution in [-0.2, 0) is 13.2 Å². The summed E-state index contributed by atoms with van der Waals surface area (Å²) in [5.41, 5.74) is 7.86. The summed E-state index contributed by atoms with van der Waals surface area (Å²) < 4.78 is 5.56. The van der Waals surface area contributed by atoms with Gasteiger partial charge in [-0.3, -0.25) is 0 Å². The molecule has 0 aliphatic heterocycles. The molecule has 0 saturated heterocycles. The van der Waals surface area contributed by atoms with E-state index >= 15 is 0 Å². The van der Waals surface area contributed by atoms with Crippen molar-refractivity contribution < 1.29 is 9.84 Å². The van der Waals surface area contributed by atoms with Crippen molar-refractivity contribution in [1.29, 1.82) is 0 Å². The van der Waals surface area contributed by atoms with Crippen LogP contribution in [0.15, 0.2) is 30.3 Å². The molecule has 2 rings (SSSR count). The van der Waals surface area contributed by atoms with Crippen LogP contribution in [0.2, 0.25) is 0 Å². The van der Waals surface area contributed by atoms with Gasteiger partial charge in [-0.15, -0.1) is 0 Å². The van der Waals surface area contributed by atoms with E-state index in [1.807, 2.05) is 19.1 Å². The van der Waals surface area contributed by atoms with Gasteiger partial charge < -0.3 is 15.6 Å². The van der Waals surface area contributed by atoms with Crippen molar-refractivity contribution >= 4 is 0 Å². The number of aliphatic hydroxyl groups is 1. The number of aromatic nitrogens is 2. The van der Waals surface area contributed by atoms with Crippen LogP contribution in [0.5, 0.6) is 11.8 Å². The fraction of sp³-hybridized carbons (Fsp3) is 0.231. The minimum absolute atomic E-state index is 0.0279. The highest BCUT2D eigenvalue weighted by Gasteiger charge is 2.04. The van der Waals surface area contributed by atoms with E-state index in [2.05, 4.69) is 9.97 Å². The third kappa shape index (κ3) is 3.03. The Bertz CT molecular complexity index is 544. The van der Waals surface area contributed by atoms with Crippen molar-refractivity contribution in [3.8, 4) is 11.8 Å². The lowest BCUT2D eigenvalue weighted by Crippen LogP contribution is -2.03. The third-order valence-corrected chi connectivity index (χ3v) is 2.39. The van der Waals surface area contributed by atoms with Gasteiger partial charge in [-0.25, -0.2) is 4.98 Å². The van der Waals surface area contributed by atoms with Crippen molar-refractivity contribution in [3.63, 3.8) is 0 Å². The quantitative estimate of drug-likeness (QED) is 0.853. The van der Waals surface area contributed by atoms with Crippen LogP contribution < -0.4 is 10.5 Å². The number of hydrogen-bond acceptors (Lipinski definition) is 5. The van der Waals surface area contributed by atoms with Gasteiger partial charge >= 0.3 is 6.01 Å². The first-order valence-electron chi connectivity index (χ1n) is 5.63. The highest BCUT2D eigenvalue weighted by Crippen LogP contribution is 2.19. The van der Waals surface area contributed by atoms with Gasteiger partial charge in [0.1, 0.15) is 5.75 Å². The number of hydrogen-bond donors (Lipinski definition) is 2. The van der Waals surface area contributed by atoms with Crippen molar-refractivity contribution in [2.45, 2.75) is 20.1 Å². The minimum atomic E-state index is -0.0279. The summed E-state index contributed by atoms with van der Waals surface area (Å²) in [6.07, 6.45) is 0. The summed E-state index contributed by atoms with van der Waals surface area (Å²) in [6.45, 7) is 2.17. The lowest BCUT2D eigenvalue weighted by atomic mass is 10.2. The number of aryl methyl sites for hydroxylation is 1. The first-order valence-corrected chi connectivity index (χ1v) is 5.63. The fourth-order valence-corrected chi connectivity index (χ4v) is 1.57. The monoisotopic (exact) mass is 245 g/mol. The maximum atomic E-state index is 9.05. The molecule has 0 atom stereocenters. The molecule has 0 radical (unpaired) electrons. The predicted octanol–water partition coefficient (Wildman–Crippen LogP) is 1.53. The number of aliphatic hydroxyl groups excluding tert-OH is 1. The molecule has 0 unspecified atom stereocenters. The number of benzene rings is 1. The van der Waals surface area contributed by atoms with Gasteiger partial charge in [-0.05, 0) is 30.7 Å². The SMILES string of the molecule is Cc1cc(CN)nc(Oc2cccc(CO)c2)n1. The van der Waals surface area contributed by atoms with Gasteiger partial charge in [-0.1, -0.05) is 12.1 Å². The second kappa shape index (κ2) is 5.57. The van der Waals surface area contributed by atoms with E-state index in [1.54, 1.807) is 18.2 Å². The van der Waals surface area contributed by atoms with E-state index in [0.717, 1.165) is 17.0 Å². The standard InChI is InChI=1S/C13H15N3O2/c1-9-5-11(7-14)16-13(15-9)18-12-4-2-3-10(6-12)8-17/h2-6,17H,7-8,14H2,1H3. The molecule has 0 fully saturated rings. The molecule has 1 aromatic carbocycles. The summed E-state index contributed by atoms with van der Waals surface area (Å²) in [5, 5.41) is 9.05. The van der Waals surface area contributed by atoms with Crippen LogP contribution in [-0.4, -0.2) is 15.1 Å². The summed E-state index contributed by atoms with van der Waals surface area (Å²) in [6, 6.07) is 9.23. The Morgan fingerprint density at radius 2 is 2.11 bits per heavy atom. The number of nitrogens with two attached hydrogens (primary N) is 1. The minimum Gasteiger partial charge on any atom is -0.424 e. The molecule has 1 aromatic heterocycles. The molecule has 18 heavy (non-hydrogen) atoms. The van der Waals surface area contributed by atoms with E-state index in [9.17, 15) is 0 Å². The summed E-state index contributed by atoms with van der Waals surface area (Å²) >= 11 is 0. The zero-order valence-electron chi connectivity index (χ0n) is 10.1. The summed E-state index contributed by atoms with van der Waals surface area (Å²) in [4.78, 5) is 8.36. The second-order valence-corrected chi connectivity index (χ2v) is 3.89. The molecule has 0 amide bonds. The van der Waals surface area contributed by atoms with Crippen molar-refractivity contribution in [1.82, 2.24) is 9.97 Å². The van der Waals surface area contributed by atoms with Gasteiger partial charge in [0, 0.05) is 12.2 Å². The van der Waals surface area contributed by atoms with Gasteiger partial charge in [0.05, 0.1) is 12.3 Å². The lowest BCUT2D eigenvalue weighted by Gasteiger charge is -2.07. The van der Waals surface area contributed by atoms with Crippen molar-refractivity contribution in [3.05, 3.63) is 47.3 Å². The molecule has 2 aromatic rings. The first kappa shape index (κ1) is 12.5. The Balaban J connectivity index is 2.24. The summed E-state index contributed by atoms with van der Waals surface area (Å²) in [5.74, 6) is 0.593. The largest absolute Gasteiger partial charge is 0.424 e. The first-order chi connectivity index (χ1) is 8.71. The molecule has 94 valence electrons. The van der Waals surface area contributed by atoms with Gasteiger partial charge in [-0.2, -0.15) is 4.98 Å². The van der Waals surface area contributed by atoms with E-state index in [1.165, 1.54) is 0 Å². The number of nitrogens with zero attached hydrogens (tertiary/aromatic N) is 2. The molecule has 0 aliphatic rings. The topological polar surface area (TPSA) is 81.3 Å². The molecule has 0 aliphatic carbocycles. The highest BCUT2D eigenvalue weighted by atomic mass is 16.5. The zero-order valence-corrected chi connectivity index (χ0v) is 10.1. The maximum Gasteiger partial charge on any atom is 0.322 e. The average Bonchev–Trinajstić information content (AvgIpc) is 2.38. The Labute approximate surface area is 105 Å². The van der Waals surface area contributed by atoms with Crippen LogP contribution in [0.1, 0.15) is 17.0 Å². The second-order valence-electron chi connectivity index (χ2n) is 3.89. The normalized spacial score (nSPS) is 10.4. The Morgan fingerprint density at radius 1 is 1.28 bits per heavy atom. The van der Waals surface area contributed by atoms with E-state index < -0.39 is 0 Å². The lowest BCUT2D eigenvalue weighted by molar-refractivity contribution is 0.281. The Kier molecular flexibility index (Phi) is 3.86. The van der Waals surface area contributed by atoms with E-state index in [4.69, 9.17) is 15.6 Å². The zero-order chi connectivity index (χ0) is 13.0. The predicted molar refractivity (Wildman–Crippen MR) is 67.1 cm³/mol. The third-order valence-electron chi connectivity index (χ3n) is 2.39. The maximum absolute atomic E-state index is 9.05. The molecular weight excluding hydrogens is 230 g/mol. The smallest absolute Gasteiger partial charge is 0.322 e. The van der Waals surface area contributed by atoms with E-state index in [0.29, 0.717) is 12.3 Å². The Morgan fingerprint density at radius 3 is 2.83 bits per heavy atom. The Hall–Kier alpha value is -1.98. The van der Waals surface area contributed by atoms with Crippen LogP contribution in [0.4, 0.5) is 0 Å². The molecule has 3 N–H and O–H groups in total. The number of rotatable bonds is 4. The molecule has 1 heterocycles. The molecule has 5 nitrogen and oxygen atoms in total. The van der Waals surface area contributed by atoms with Crippen molar-refractivity contribution in [2.24, 2.45) is 5.73 Å². The van der Waals surface area contributed by atoms with Gasteiger partial charge in [0.15, 0.2) is 0 Å². The van der Waals surface area contributed by atoms with Crippen molar-refractivity contribution in [2.75, 3.05) is 0 Å². The van der Waals surface area contributed by atoms with Gasteiger partial charge in [0.25, 0.3) is 0 Å². The summed E-state index contributed by atoms with van der Waals surface area (Å²) in [7, 11) is 0. The molecule has 0 bridgehead atoms. The molecular formula is C13H15N3O2.